The Morgan fingerprint density at radius 2 is 1.44 bits per heavy atom. The summed E-state index contributed by atoms with van der Waals surface area (Å²) in [5.41, 5.74) is 0.611. The lowest BCUT2D eigenvalue weighted by molar-refractivity contribution is 0.232. The van der Waals surface area contributed by atoms with Gasteiger partial charge in [-0.3, -0.25) is 0 Å². The molecule has 140 valence electrons. The summed E-state index contributed by atoms with van der Waals surface area (Å²) in [4.78, 5) is 22.0. The van der Waals surface area contributed by atoms with Crippen LogP contribution in [0.1, 0.15) is 31.5 Å². The number of anilines is 2. The highest BCUT2D eigenvalue weighted by atomic mass is 35.5. The molecule has 4 heterocycles. The van der Waals surface area contributed by atoms with Gasteiger partial charge in [-0.15, -0.1) is 0 Å². The van der Waals surface area contributed by atoms with Gasteiger partial charge in [0.15, 0.2) is 5.82 Å². The van der Waals surface area contributed by atoms with E-state index in [9.17, 15) is 0 Å². The maximum atomic E-state index is 6.31. The summed E-state index contributed by atoms with van der Waals surface area (Å²) >= 11 is 6.31. The summed E-state index contributed by atoms with van der Waals surface area (Å²) < 4.78 is 0. The van der Waals surface area contributed by atoms with Crippen LogP contribution in [0.2, 0.25) is 5.02 Å². The maximum absolute atomic E-state index is 6.31. The molecule has 2 aliphatic heterocycles. The first-order chi connectivity index (χ1) is 13.1. The minimum atomic E-state index is 0.611. The van der Waals surface area contributed by atoms with Crippen molar-refractivity contribution in [3.63, 3.8) is 0 Å². The van der Waals surface area contributed by atoms with Crippen molar-refractivity contribution in [1.29, 1.82) is 0 Å². The lowest BCUT2D eigenvalue weighted by Crippen LogP contribution is -2.41. The van der Waals surface area contributed by atoms with Gasteiger partial charge >= 0.3 is 0 Å². The van der Waals surface area contributed by atoms with E-state index in [2.05, 4.69) is 29.7 Å². The summed E-state index contributed by atoms with van der Waals surface area (Å²) in [5.74, 6) is 4.01. The Labute approximate surface area is 166 Å². The molecule has 2 saturated heterocycles. The van der Waals surface area contributed by atoms with Crippen LogP contribution >= 0.6 is 11.6 Å². The van der Waals surface area contributed by atoms with Gasteiger partial charge in [-0.05, 0) is 44.4 Å². The molecule has 2 radical (unpaired) electrons. The Hall–Kier alpha value is -1.89. The van der Waals surface area contributed by atoms with E-state index in [1.165, 1.54) is 25.7 Å². The fourth-order valence-electron chi connectivity index (χ4n) is 4.31. The number of nitrogens with zero attached hydrogens (tertiary/aromatic N) is 6. The van der Waals surface area contributed by atoms with Gasteiger partial charge in [0.2, 0.25) is 5.95 Å². The summed E-state index contributed by atoms with van der Waals surface area (Å²) in [6, 6.07) is 0. The van der Waals surface area contributed by atoms with Crippen LogP contribution in [0.3, 0.4) is 0 Å². The van der Waals surface area contributed by atoms with Crippen molar-refractivity contribution in [3.8, 4) is 0 Å². The molecule has 0 amide bonds. The summed E-state index contributed by atoms with van der Waals surface area (Å²) in [5, 5.41) is 0.649. The van der Waals surface area contributed by atoms with Crippen LogP contribution in [-0.4, -0.2) is 54.0 Å². The minimum absolute atomic E-state index is 0.611. The molecule has 4 rings (SSSR count). The van der Waals surface area contributed by atoms with E-state index in [1.54, 1.807) is 18.6 Å². The molecule has 8 heteroatoms. The number of piperidine rings is 2. The first kappa shape index (κ1) is 18.5. The van der Waals surface area contributed by atoms with Crippen LogP contribution in [0.4, 0.5) is 11.8 Å². The zero-order valence-corrected chi connectivity index (χ0v) is 16.4. The molecule has 0 saturated carbocycles. The third-order valence-corrected chi connectivity index (χ3v) is 6.10. The number of halogens is 1. The molecule has 0 atom stereocenters. The lowest BCUT2D eigenvalue weighted by atomic mass is 9.79. The Morgan fingerprint density at radius 1 is 0.889 bits per heavy atom. The standard InChI is InChI=1S/C19H24BClN6/c1-13-22-12-17(21)18(25-13)26-6-2-14(3-7-26)15-4-8-27(9-5-15)19-23-10-16(20)11-24-19/h10-12,14-15H,2-9H2,1H3. The molecular formula is C19H24BClN6. The molecule has 0 N–H and O–H groups in total. The van der Waals surface area contributed by atoms with Crippen molar-refractivity contribution in [2.75, 3.05) is 36.0 Å². The molecule has 2 aliphatic rings. The quantitative estimate of drug-likeness (QED) is 0.758. The monoisotopic (exact) mass is 382 g/mol. The van der Waals surface area contributed by atoms with Crippen LogP contribution in [0, 0.1) is 18.8 Å². The third kappa shape index (κ3) is 4.18. The third-order valence-electron chi connectivity index (χ3n) is 5.83. The van der Waals surface area contributed by atoms with E-state index in [-0.39, 0.29) is 0 Å². The maximum Gasteiger partial charge on any atom is 0.225 e. The zero-order valence-electron chi connectivity index (χ0n) is 15.7. The molecule has 2 aromatic rings. The van der Waals surface area contributed by atoms with Crippen molar-refractivity contribution >= 4 is 36.7 Å². The second kappa shape index (κ2) is 8.01. The van der Waals surface area contributed by atoms with E-state index in [1.807, 2.05) is 6.92 Å². The van der Waals surface area contributed by atoms with Crippen LogP contribution in [-0.2, 0) is 0 Å². The Morgan fingerprint density at radius 3 is 2.04 bits per heavy atom. The zero-order chi connectivity index (χ0) is 18.8. The molecule has 0 spiro atoms. The number of aromatic nitrogens is 4. The predicted molar refractivity (Wildman–Crippen MR) is 109 cm³/mol. The van der Waals surface area contributed by atoms with E-state index in [4.69, 9.17) is 19.4 Å². The summed E-state index contributed by atoms with van der Waals surface area (Å²) in [6.07, 6.45) is 9.87. The van der Waals surface area contributed by atoms with Gasteiger partial charge in [0.25, 0.3) is 0 Å². The molecule has 0 aliphatic carbocycles. The van der Waals surface area contributed by atoms with Gasteiger partial charge in [-0.25, -0.2) is 19.9 Å². The number of rotatable bonds is 3. The molecule has 2 fully saturated rings. The van der Waals surface area contributed by atoms with Gasteiger partial charge < -0.3 is 9.80 Å². The number of hydrogen-bond acceptors (Lipinski definition) is 6. The lowest BCUT2D eigenvalue weighted by Gasteiger charge is -2.40. The van der Waals surface area contributed by atoms with E-state index < -0.39 is 0 Å². The Balaban J connectivity index is 1.30. The second-order valence-corrected chi connectivity index (χ2v) is 7.96. The first-order valence-corrected chi connectivity index (χ1v) is 10.0. The van der Waals surface area contributed by atoms with Crippen LogP contribution in [0.15, 0.2) is 18.6 Å². The molecule has 0 unspecified atom stereocenters. The SMILES string of the molecule is [B]c1cnc(N2CCC(C3CCN(c4nc(C)ncc4Cl)CC3)CC2)nc1. The molecule has 0 bridgehead atoms. The average molecular weight is 383 g/mol. The largest absolute Gasteiger partial charge is 0.355 e. The minimum Gasteiger partial charge on any atom is -0.355 e. The van der Waals surface area contributed by atoms with Gasteiger partial charge in [-0.2, -0.15) is 0 Å². The molecule has 27 heavy (non-hydrogen) atoms. The summed E-state index contributed by atoms with van der Waals surface area (Å²) in [6.45, 7) is 5.98. The van der Waals surface area contributed by atoms with E-state index >= 15 is 0 Å². The predicted octanol–water partition coefficient (Wildman–Crippen LogP) is 2.16. The van der Waals surface area contributed by atoms with Gasteiger partial charge in [0, 0.05) is 38.6 Å². The van der Waals surface area contributed by atoms with Crippen molar-refractivity contribution in [1.82, 2.24) is 19.9 Å². The first-order valence-electron chi connectivity index (χ1n) is 9.66. The van der Waals surface area contributed by atoms with E-state index in [0.717, 1.165) is 55.6 Å². The highest BCUT2D eigenvalue weighted by molar-refractivity contribution is 6.32. The number of aryl methyl sites for hydroxylation is 1. The van der Waals surface area contributed by atoms with Gasteiger partial charge in [0.05, 0.1) is 6.20 Å². The Kier molecular flexibility index (Phi) is 5.48. The topological polar surface area (TPSA) is 58.0 Å². The van der Waals surface area contributed by atoms with Crippen molar-refractivity contribution in [2.45, 2.75) is 32.6 Å². The van der Waals surface area contributed by atoms with Gasteiger partial charge in [-0.1, -0.05) is 17.1 Å². The highest BCUT2D eigenvalue weighted by Gasteiger charge is 2.31. The van der Waals surface area contributed by atoms with Crippen molar-refractivity contribution < 1.29 is 0 Å². The molecule has 2 aromatic heterocycles. The molecular weight excluding hydrogens is 359 g/mol. The Bertz CT molecular complexity index is 770. The highest BCUT2D eigenvalue weighted by Crippen LogP contribution is 2.35. The fraction of sp³-hybridized carbons (Fsp3) is 0.579. The normalized spacial score (nSPS) is 19.5. The van der Waals surface area contributed by atoms with E-state index in [0.29, 0.717) is 10.5 Å². The van der Waals surface area contributed by atoms with Crippen molar-refractivity contribution in [3.05, 3.63) is 29.4 Å². The smallest absolute Gasteiger partial charge is 0.225 e. The van der Waals surface area contributed by atoms with Crippen LogP contribution < -0.4 is 15.3 Å². The second-order valence-electron chi connectivity index (χ2n) is 7.55. The average Bonchev–Trinajstić information content (AvgIpc) is 2.71. The van der Waals surface area contributed by atoms with Gasteiger partial charge in [0.1, 0.15) is 18.7 Å². The molecule has 0 aromatic carbocycles. The fourth-order valence-corrected chi connectivity index (χ4v) is 4.52. The summed E-state index contributed by atoms with van der Waals surface area (Å²) in [7, 11) is 5.68. The van der Waals surface area contributed by atoms with Crippen molar-refractivity contribution in [2.24, 2.45) is 11.8 Å². The van der Waals surface area contributed by atoms with Crippen LogP contribution in [0.5, 0.6) is 0 Å². The number of hydrogen-bond donors (Lipinski definition) is 0. The van der Waals surface area contributed by atoms with Crippen LogP contribution in [0.25, 0.3) is 0 Å². The molecule has 6 nitrogen and oxygen atoms in total.